The number of carboxylic acids is 1. The van der Waals surface area contributed by atoms with Crippen molar-refractivity contribution in [3.8, 4) is 22.8 Å². The number of para-hydroxylation sites is 2. The maximum Gasteiger partial charge on any atom is 0.309 e. The average Bonchev–Trinajstić information content (AvgIpc) is 2.99. The Labute approximate surface area is 250 Å². The number of rotatable bonds is 11. The number of ether oxygens (including phenoxy) is 2. The zero-order valence-corrected chi connectivity index (χ0v) is 24.6. The zero-order valence-electron chi connectivity index (χ0n) is 24.6. The molecule has 1 aliphatic heterocycles. The highest BCUT2D eigenvalue weighted by Gasteiger charge is 2.28. The van der Waals surface area contributed by atoms with E-state index in [0.29, 0.717) is 54.9 Å². The van der Waals surface area contributed by atoms with Crippen LogP contribution in [-0.4, -0.2) is 51.8 Å². The van der Waals surface area contributed by atoms with E-state index >= 15 is 0 Å². The molecule has 1 aliphatic rings. The van der Waals surface area contributed by atoms with Crippen molar-refractivity contribution in [2.24, 2.45) is 5.41 Å². The highest BCUT2D eigenvalue weighted by Crippen LogP contribution is 2.31. The van der Waals surface area contributed by atoms with E-state index in [2.05, 4.69) is 15.3 Å². The van der Waals surface area contributed by atoms with Gasteiger partial charge in [0.05, 0.1) is 30.5 Å². The number of nitrogens with one attached hydrogen (secondary N) is 1. The van der Waals surface area contributed by atoms with Crippen LogP contribution in [0, 0.1) is 11.4 Å². The SMILES string of the molecule is CCOc1ccccc1O[C@@H]1CCCN(c2nc(Nc3cccc(-c4cccc(CC(C)(C)C(=O)O)c4)n3)cnc2F)C1. The van der Waals surface area contributed by atoms with Crippen LogP contribution in [-0.2, 0) is 11.2 Å². The van der Waals surface area contributed by atoms with Crippen molar-refractivity contribution in [2.75, 3.05) is 29.9 Å². The van der Waals surface area contributed by atoms with Crippen molar-refractivity contribution in [1.82, 2.24) is 15.0 Å². The van der Waals surface area contributed by atoms with Gasteiger partial charge in [0, 0.05) is 12.1 Å². The molecule has 10 heteroatoms. The Hall–Kier alpha value is -4.73. The van der Waals surface area contributed by atoms with Gasteiger partial charge in [-0.05, 0) is 75.9 Å². The van der Waals surface area contributed by atoms with E-state index in [9.17, 15) is 14.3 Å². The highest BCUT2D eigenvalue weighted by atomic mass is 19.1. The Kier molecular flexibility index (Phi) is 9.04. The lowest BCUT2D eigenvalue weighted by Crippen LogP contribution is -2.42. The molecular formula is C33H36FN5O4. The van der Waals surface area contributed by atoms with Gasteiger partial charge in [0.1, 0.15) is 11.9 Å². The molecule has 0 unspecified atom stereocenters. The van der Waals surface area contributed by atoms with Crippen LogP contribution < -0.4 is 19.7 Å². The molecule has 2 aromatic heterocycles. The van der Waals surface area contributed by atoms with Crippen LogP contribution in [0.4, 0.5) is 21.8 Å². The number of nitrogens with zero attached hydrogens (tertiary/aromatic N) is 4. The quantitative estimate of drug-likeness (QED) is 0.203. The number of pyridine rings is 1. The normalized spacial score (nSPS) is 15.2. The second-order valence-corrected chi connectivity index (χ2v) is 11.2. The van der Waals surface area contributed by atoms with Gasteiger partial charge in [-0.3, -0.25) is 4.79 Å². The van der Waals surface area contributed by atoms with Gasteiger partial charge in [-0.25, -0.2) is 15.0 Å². The van der Waals surface area contributed by atoms with Gasteiger partial charge >= 0.3 is 5.97 Å². The van der Waals surface area contributed by atoms with Crippen molar-refractivity contribution in [3.05, 3.63) is 84.4 Å². The van der Waals surface area contributed by atoms with E-state index < -0.39 is 17.3 Å². The number of benzene rings is 2. The molecular weight excluding hydrogens is 549 g/mol. The molecule has 0 amide bonds. The Morgan fingerprint density at radius 1 is 1.07 bits per heavy atom. The molecule has 1 fully saturated rings. The molecule has 2 N–H and O–H groups in total. The lowest BCUT2D eigenvalue weighted by Gasteiger charge is -2.33. The molecule has 4 aromatic rings. The molecule has 3 heterocycles. The van der Waals surface area contributed by atoms with Crippen molar-refractivity contribution in [1.29, 1.82) is 0 Å². The number of aromatic nitrogens is 3. The minimum Gasteiger partial charge on any atom is -0.490 e. The summed E-state index contributed by atoms with van der Waals surface area (Å²) in [5.74, 6) is 0.896. The lowest BCUT2D eigenvalue weighted by atomic mass is 9.85. The number of anilines is 3. The molecule has 0 saturated carbocycles. The van der Waals surface area contributed by atoms with Crippen molar-refractivity contribution in [3.63, 3.8) is 0 Å². The molecule has 9 nitrogen and oxygen atoms in total. The minimum atomic E-state index is -0.886. The summed E-state index contributed by atoms with van der Waals surface area (Å²) in [6.45, 7) is 6.97. The largest absolute Gasteiger partial charge is 0.490 e. The number of halogens is 1. The monoisotopic (exact) mass is 585 g/mol. The summed E-state index contributed by atoms with van der Waals surface area (Å²) in [5.41, 5.74) is 1.59. The van der Waals surface area contributed by atoms with Gasteiger partial charge in [0.2, 0.25) is 0 Å². The molecule has 1 atom stereocenters. The number of piperidine rings is 1. The molecule has 0 bridgehead atoms. The highest BCUT2D eigenvalue weighted by molar-refractivity contribution is 5.74. The Morgan fingerprint density at radius 2 is 1.86 bits per heavy atom. The molecule has 2 aromatic carbocycles. The fraction of sp³-hybridized carbons (Fsp3) is 0.333. The second kappa shape index (κ2) is 13.1. The third-order valence-electron chi connectivity index (χ3n) is 7.28. The van der Waals surface area contributed by atoms with Crippen molar-refractivity contribution < 1.29 is 23.8 Å². The Balaban J connectivity index is 1.30. The second-order valence-electron chi connectivity index (χ2n) is 11.2. The predicted octanol–water partition coefficient (Wildman–Crippen LogP) is 6.52. The first-order valence-electron chi connectivity index (χ1n) is 14.4. The lowest BCUT2D eigenvalue weighted by molar-refractivity contribution is -0.146. The Bertz CT molecular complexity index is 1580. The van der Waals surface area contributed by atoms with E-state index in [4.69, 9.17) is 14.5 Å². The standard InChI is InChI=1S/C33H36FN5O4/c1-4-42-26-14-5-6-15-27(26)43-24-12-9-17-39(21-24)31-30(34)35-20-29(38-31)37-28-16-8-13-25(36-28)23-11-7-10-22(18-23)19-33(2,3)32(40)41/h5-8,10-11,13-16,18,20,24H,4,9,12,17,19,21H2,1-3H3,(H,40,41)(H,36,37,38)/t24-/m1/s1. The van der Waals surface area contributed by atoms with Crippen molar-refractivity contribution >= 4 is 23.4 Å². The van der Waals surface area contributed by atoms with Crippen LogP contribution in [0.25, 0.3) is 11.3 Å². The average molecular weight is 586 g/mol. The first-order chi connectivity index (χ1) is 20.7. The van der Waals surface area contributed by atoms with Gasteiger partial charge < -0.3 is 24.8 Å². The summed E-state index contributed by atoms with van der Waals surface area (Å²) in [4.78, 5) is 26.7. The van der Waals surface area contributed by atoms with Crippen LogP contribution in [0.5, 0.6) is 11.5 Å². The molecule has 0 aliphatic carbocycles. The number of aliphatic carboxylic acids is 1. The summed E-state index contributed by atoms with van der Waals surface area (Å²) in [6, 6.07) is 20.8. The molecule has 5 rings (SSSR count). The molecule has 0 spiro atoms. The van der Waals surface area contributed by atoms with E-state index in [1.807, 2.05) is 72.5 Å². The van der Waals surface area contributed by atoms with Gasteiger partial charge in [0.25, 0.3) is 5.95 Å². The minimum absolute atomic E-state index is 0.154. The Morgan fingerprint density at radius 3 is 2.65 bits per heavy atom. The van der Waals surface area contributed by atoms with Crippen LogP contribution in [0.15, 0.2) is 72.9 Å². The number of carboxylic acid groups (broad SMARTS) is 1. The molecule has 224 valence electrons. The van der Waals surface area contributed by atoms with E-state index in [1.165, 1.54) is 6.20 Å². The number of hydrogen-bond donors (Lipinski definition) is 2. The number of hydrogen-bond acceptors (Lipinski definition) is 8. The summed E-state index contributed by atoms with van der Waals surface area (Å²) in [7, 11) is 0. The van der Waals surface area contributed by atoms with Crippen LogP contribution in [0.3, 0.4) is 0 Å². The fourth-order valence-electron chi connectivity index (χ4n) is 5.08. The summed E-state index contributed by atoms with van der Waals surface area (Å²) in [6.07, 6.45) is 3.22. The first-order valence-corrected chi connectivity index (χ1v) is 14.4. The first kappa shape index (κ1) is 29.8. The summed E-state index contributed by atoms with van der Waals surface area (Å²) >= 11 is 0. The van der Waals surface area contributed by atoms with E-state index in [1.54, 1.807) is 19.9 Å². The molecule has 43 heavy (non-hydrogen) atoms. The van der Waals surface area contributed by atoms with E-state index in [-0.39, 0.29) is 11.9 Å². The van der Waals surface area contributed by atoms with Gasteiger partial charge in [-0.15, -0.1) is 0 Å². The smallest absolute Gasteiger partial charge is 0.309 e. The fourth-order valence-corrected chi connectivity index (χ4v) is 5.08. The molecule has 0 radical (unpaired) electrons. The van der Waals surface area contributed by atoms with Crippen molar-refractivity contribution in [2.45, 2.75) is 46.1 Å². The zero-order chi connectivity index (χ0) is 30.4. The van der Waals surface area contributed by atoms with Gasteiger partial charge in [0.15, 0.2) is 23.1 Å². The number of carbonyl (C=O) groups is 1. The maximum absolute atomic E-state index is 14.9. The van der Waals surface area contributed by atoms with Gasteiger partial charge in [-0.1, -0.05) is 36.4 Å². The van der Waals surface area contributed by atoms with Crippen LogP contribution in [0.2, 0.25) is 0 Å². The predicted molar refractivity (Wildman–Crippen MR) is 164 cm³/mol. The summed E-state index contributed by atoms with van der Waals surface area (Å²) in [5, 5.41) is 12.7. The van der Waals surface area contributed by atoms with Crippen LogP contribution >= 0.6 is 0 Å². The maximum atomic E-state index is 14.9. The van der Waals surface area contributed by atoms with E-state index in [0.717, 1.165) is 24.0 Å². The molecule has 1 saturated heterocycles. The van der Waals surface area contributed by atoms with Crippen LogP contribution in [0.1, 0.15) is 39.2 Å². The van der Waals surface area contributed by atoms with Gasteiger partial charge in [-0.2, -0.15) is 4.39 Å². The summed E-state index contributed by atoms with van der Waals surface area (Å²) < 4.78 is 26.9. The third kappa shape index (κ3) is 7.38. The topological polar surface area (TPSA) is 110 Å². The third-order valence-corrected chi connectivity index (χ3v) is 7.28.